The Morgan fingerprint density at radius 1 is 1.40 bits per heavy atom. The highest BCUT2D eigenvalue weighted by molar-refractivity contribution is 9.10. The molecule has 0 aromatic heterocycles. The fraction of sp³-hybridized carbons (Fsp3) is 0.333. The molecule has 1 aromatic rings. The Morgan fingerprint density at radius 2 is 2.00 bits per heavy atom. The molecule has 6 heteroatoms. The molecule has 15 heavy (non-hydrogen) atoms. The van der Waals surface area contributed by atoms with Crippen LogP contribution < -0.4 is 4.90 Å². The molecule has 3 nitrogen and oxygen atoms in total. The molecule has 0 aliphatic rings. The lowest BCUT2D eigenvalue weighted by Gasteiger charge is -2.15. The van der Waals surface area contributed by atoms with E-state index in [9.17, 15) is 8.42 Å². The van der Waals surface area contributed by atoms with Gasteiger partial charge in [0.05, 0.1) is 11.4 Å². The van der Waals surface area contributed by atoms with E-state index in [0.29, 0.717) is 5.56 Å². The lowest BCUT2D eigenvalue weighted by molar-refractivity contribution is 0.609. The molecule has 0 saturated heterocycles. The molecule has 0 fully saturated rings. The molecule has 1 rings (SSSR count). The zero-order valence-corrected chi connectivity index (χ0v) is 11.5. The first-order chi connectivity index (χ1) is 6.79. The third-order valence-electron chi connectivity index (χ3n) is 1.83. The maximum Gasteiger partial charge on any atom is 0.236 e. The maximum atomic E-state index is 10.9. The van der Waals surface area contributed by atoms with Crippen molar-refractivity contribution in [3.63, 3.8) is 0 Å². The van der Waals surface area contributed by atoms with Crippen molar-refractivity contribution in [2.75, 3.05) is 19.0 Å². The van der Waals surface area contributed by atoms with Crippen molar-refractivity contribution in [2.45, 2.75) is 5.75 Å². The molecule has 0 spiro atoms. The summed E-state index contributed by atoms with van der Waals surface area (Å²) in [5.41, 5.74) is 1.60. The minimum Gasteiger partial charge on any atom is -0.377 e. The second-order valence-electron chi connectivity index (χ2n) is 3.36. The van der Waals surface area contributed by atoms with Crippen molar-refractivity contribution in [1.82, 2.24) is 0 Å². The predicted molar refractivity (Wildman–Crippen MR) is 66.9 cm³/mol. The van der Waals surface area contributed by atoms with E-state index in [1.165, 1.54) is 0 Å². The van der Waals surface area contributed by atoms with Crippen LogP contribution in [0.25, 0.3) is 0 Å². The van der Waals surface area contributed by atoms with Gasteiger partial charge in [-0.15, -0.1) is 0 Å². The minimum atomic E-state index is -3.49. The van der Waals surface area contributed by atoms with Crippen LogP contribution in [-0.4, -0.2) is 22.5 Å². The summed E-state index contributed by atoms with van der Waals surface area (Å²) in [7, 11) is 5.47. The van der Waals surface area contributed by atoms with E-state index in [1.807, 2.05) is 25.1 Å². The largest absolute Gasteiger partial charge is 0.377 e. The Morgan fingerprint density at radius 3 is 2.47 bits per heavy atom. The van der Waals surface area contributed by atoms with Crippen molar-refractivity contribution in [3.8, 4) is 0 Å². The number of anilines is 1. The minimum absolute atomic E-state index is 0.150. The summed E-state index contributed by atoms with van der Waals surface area (Å²) in [6.07, 6.45) is 0. The predicted octanol–water partition coefficient (Wildman–Crippen LogP) is 2.58. The summed E-state index contributed by atoms with van der Waals surface area (Å²) in [6.45, 7) is 0. The topological polar surface area (TPSA) is 37.4 Å². The van der Waals surface area contributed by atoms with Crippen molar-refractivity contribution in [2.24, 2.45) is 0 Å². The molecule has 84 valence electrons. The van der Waals surface area contributed by atoms with E-state index < -0.39 is 9.05 Å². The summed E-state index contributed by atoms with van der Waals surface area (Å²) < 4.78 is 22.7. The third-order valence-corrected chi connectivity index (χ3v) is 3.51. The summed E-state index contributed by atoms with van der Waals surface area (Å²) in [6, 6.07) is 5.34. The number of rotatable bonds is 3. The van der Waals surface area contributed by atoms with E-state index >= 15 is 0 Å². The average Bonchev–Trinajstić information content (AvgIpc) is 2.05. The van der Waals surface area contributed by atoms with Crippen LogP contribution in [-0.2, 0) is 14.8 Å². The lowest BCUT2D eigenvalue weighted by Crippen LogP contribution is -2.10. The molecule has 0 unspecified atom stereocenters. The average molecular weight is 313 g/mol. The highest BCUT2D eigenvalue weighted by Gasteiger charge is 2.09. The zero-order valence-electron chi connectivity index (χ0n) is 8.37. The molecule has 0 aliphatic carbocycles. The van der Waals surface area contributed by atoms with Gasteiger partial charge in [0.15, 0.2) is 0 Å². The molecule has 0 bridgehead atoms. The molecule has 0 heterocycles. The molecular weight excluding hydrogens is 302 g/mol. The Bertz CT molecular complexity index is 459. The van der Waals surface area contributed by atoms with Crippen LogP contribution >= 0.6 is 26.6 Å². The monoisotopic (exact) mass is 311 g/mol. The van der Waals surface area contributed by atoms with Gasteiger partial charge in [0.2, 0.25) is 9.05 Å². The Balaban J connectivity index is 3.08. The zero-order chi connectivity index (χ0) is 11.6. The van der Waals surface area contributed by atoms with Crippen molar-refractivity contribution in [3.05, 3.63) is 28.2 Å². The summed E-state index contributed by atoms with van der Waals surface area (Å²) in [4.78, 5) is 1.90. The number of nitrogens with zero attached hydrogens (tertiary/aromatic N) is 1. The maximum absolute atomic E-state index is 10.9. The number of hydrogen-bond acceptors (Lipinski definition) is 3. The van der Waals surface area contributed by atoms with Crippen LogP contribution in [0, 0.1) is 0 Å². The van der Waals surface area contributed by atoms with Gasteiger partial charge in [0.1, 0.15) is 0 Å². The van der Waals surface area contributed by atoms with Gasteiger partial charge in [-0.2, -0.15) is 0 Å². The standard InChI is InChI=1S/C9H11BrClNO2S/c1-12(2)9-5-7(3-4-8(9)10)6-15(11,13)14/h3-5H,6H2,1-2H3. The normalized spacial score (nSPS) is 11.5. The Kier molecular flexibility index (Phi) is 4.03. The van der Waals surface area contributed by atoms with Crippen LogP contribution in [0.1, 0.15) is 5.56 Å². The Labute approximate surface area is 103 Å². The quantitative estimate of drug-likeness (QED) is 0.805. The second-order valence-corrected chi connectivity index (χ2v) is 6.99. The summed E-state index contributed by atoms with van der Waals surface area (Å²) in [5.74, 6) is -0.150. The van der Waals surface area contributed by atoms with Crippen molar-refractivity contribution in [1.29, 1.82) is 0 Å². The first-order valence-corrected chi connectivity index (χ1v) is 7.45. The molecular formula is C9H11BrClNO2S. The molecule has 0 saturated carbocycles. The molecule has 1 aromatic carbocycles. The SMILES string of the molecule is CN(C)c1cc(CS(=O)(=O)Cl)ccc1Br. The Hall–Kier alpha value is -0.260. The smallest absolute Gasteiger partial charge is 0.236 e. The molecule has 0 aliphatic heterocycles. The number of benzene rings is 1. The van der Waals surface area contributed by atoms with Crippen molar-refractivity contribution >= 4 is 41.4 Å². The van der Waals surface area contributed by atoms with Crippen LogP contribution in [0.4, 0.5) is 5.69 Å². The molecule has 0 atom stereocenters. The van der Waals surface area contributed by atoms with Gasteiger partial charge in [-0.05, 0) is 33.6 Å². The summed E-state index contributed by atoms with van der Waals surface area (Å²) in [5, 5.41) is 0. The van der Waals surface area contributed by atoms with Gasteiger partial charge in [-0.25, -0.2) is 8.42 Å². The van der Waals surface area contributed by atoms with Crippen LogP contribution in [0.5, 0.6) is 0 Å². The van der Waals surface area contributed by atoms with Gasteiger partial charge < -0.3 is 4.90 Å². The van der Waals surface area contributed by atoms with Gasteiger partial charge in [-0.3, -0.25) is 0 Å². The van der Waals surface area contributed by atoms with Crippen molar-refractivity contribution < 1.29 is 8.42 Å². The number of halogens is 2. The van der Waals surface area contributed by atoms with Crippen LogP contribution in [0.2, 0.25) is 0 Å². The van der Waals surface area contributed by atoms with Gasteiger partial charge in [0, 0.05) is 29.3 Å². The van der Waals surface area contributed by atoms with E-state index in [1.54, 1.807) is 12.1 Å². The van der Waals surface area contributed by atoms with Crippen LogP contribution in [0.15, 0.2) is 22.7 Å². The first kappa shape index (κ1) is 12.8. The third kappa shape index (κ3) is 4.01. The second kappa shape index (κ2) is 4.72. The molecule has 0 amide bonds. The first-order valence-electron chi connectivity index (χ1n) is 4.17. The fourth-order valence-electron chi connectivity index (χ4n) is 1.19. The highest BCUT2D eigenvalue weighted by atomic mass is 79.9. The van der Waals surface area contributed by atoms with Gasteiger partial charge in [0.25, 0.3) is 0 Å². The lowest BCUT2D eigenvalue weighted by atomic mass is 10.2. The number of hydrogen-bond donors (Lipinski definition) is 0. The fourth-order valence-corrected chi connectivity index (χ4v) is 2.75. The van der Waals surface area contributed by atoms with E-state index in [2.05, 4.69) is 15.9 Å². The van der Waals surface area contributed by atoms with Crippen LogP contribution in [0.3, 0.4) is 0 Å². The molecule has 0 radical (unpaired) electrons. The van der Waals surface area contributed by atoms with E-state index in [-0.39, 0.29) is 5.75 Å². The van der Waals surface area contributed by atoms with Gasteiger partial charge >= 0.3 is 0 Å². The van der Waals surface area contributed by atoms with E-state index in [4.69, 9.17) is 10.7 Å². The highest BCUT2D eigenvalue weighted by Crippen LogP contribution is 2.26. The summed E-state index contributed by atoms with van der Waals surface area (Å²) >= 11 is 3.39. The molecule has 0 N–H and O–H groups in total. The van der Waals surface area contributed by atoms with Gasteiger partial charge in [-0.1, -0.05) is 6.07 Å². The van der Waals surface area contributed by atoms with E-state index in [0.717, 1.165) is 10.2 Å².